The van der Waals surface area contributed by atoms with Crippen LogP contribution in [0.1, 0.15) is 39.0 Å². The first-order valence-electron chi connectivity index (χ1n) is 5.30. The molecule has 1 aliphatic heterocycles. The van der Waals surface area contributed by atoms with E-state index in [1.54, 1.807) is 0 Å². The molecule has 1 fully saturated rings. The molecule has 0 aromatic heterocycles. The Labute approximate surface area is 79.8 Å². The second-order valence-electron chi connectivity index (χ2n) is 3.72. The number of alkyl halides is 1. The maximum Gasteiger partial charge on any atom is 0.221 e. The molecule has 0 aromatic rings. The van der Waals surface area contributed by atoms with Crippen molar-refractivity contribution in [3.05, 3.63) is 0 Å². The first-order valence-corrected chi connectivity index (χ1v) is 5.30. The van der Waals surface area contributed by atoms with Crippen LogP contribution in [0.2, 0.25) is 0 Å². The predicted octanol–water partition coefficient (Wildman–Crippen LogP) is 2.24. The zero-order chi connectivity index (χ0) is 9.57. The Morgan fingerprint density at radius 1 is 1.38 bits per heavy atom. The van der Waals surface area contributed by atoms with Crippen molar-refractivity contribution in [1.82, 2.24) is 5.32 Å². The number of morpholine rings is 1. The van der Waals surface area contributed by atoms with Crippen LogP contribution in [0.3, 0.4) is 0 Å². The van der Waals surface area contributed by atoms with Gasteiger partial charge in [0.15, 0.2) is 0 Å². The van der Waals surface area contributed by atoms with Gasteiger partial charge in [-0.1, -0.05) is 26.2 Å². The third kappa shape index (κ3) is 4.05. The van der Waals surface area contributed by atoms with E-state index < -0.39 is 5.85 Å². The lowest BCUT2D eigenvalue weighted by atomic mass is 10.1. The summed E-state index contributed by atoms with van der Waals surface area (Å²) in [7, 11) is 0. The molecule has 0 amide bonds. The van der Waals surface area contributed by atoms with Crippen molar-refractivity contribution in [3.63, 3.8) is 0 Å². The van der Waals surface area contributed by atoms with Crippen molar-refractivity contribution in [1.29, 1.82) is 0 Å². The maximum absolute atomic E-state index is 13.7. The van der Waals surface area contributed by atoms with Crippen molar-refractivity contribution in [2.24, 2.45) is 0 Å². The van der Waals surface area contributed by atoms with Gasteiger partial charge in [0.1, 0.15) is 0 Å². The van der Waals surface area contributed by atoms with Crippen molar-refractivity contribution >= 4 is 0 Å². The number of unbranched alkanes of at least 4 members (excludes halogenated alkanes) is 3. The molecular formula is C10H20FNO. The second-order valence-corrected chi connectivity index (χ2v) is 3.72. The molecule has 0 aliphatic carbocycles. The second kappa shape index (κ2) is 5.55. The third-order valence-corrected chi connectivity index (χ3v) is 2.43. The number of rotatable bonds is 5. The van der Waals surface area contributed by atoms with Crippen LogP contribution < -0.4 is 5.32 Å². The summed E-state index contributed by atoms with van der Waals surface area (Å²) in [6.07, 6.45) is 4.99. The Morgan fingerprint density at radius 3 is 2.85 bits per heavy atom. The molecule has 1 unspecified atom stereocenters. The number of ether oxygens (including phenoxy) is 1. The minimum Gasteiger partial charge on any atom is -0.343 e. The van der Waals surface area contributed by atoms with E-state index in [1.807, 2.05) is 0 Å². The molecule has 0 bridgehead atoms. The van der Waals surface area contributed by atoms with Crippen molar-refractivity contribution in [3.8, 4) is 0 Å². The lowest BCUT2D eigenvalue weighted by molar-refractivity contribution is -0.164. The molecule has 1 atom stereocenters. The molecule has 78 valence electrons. The van der Waals surface area contributed by atoms with Crippen LogP contribution >= 0.6 is 0 Å². The highest BCUT2D eigenvalue weighted by Crippen LogP contribution is 2.22. The Bertz CT molecular complexity index is 135. The fraction of sp³-hybridized carbons (Fsp3) is 1.00. The standard InChI is InChI=1S/C10H20FNO/c1-2-3-4-5-6-10(11)9-12-7-8-13-10/h12H,2-9H2,1H3. The first kappa shape index (κ1) is 10.9. The summed E-state index contributed by atoms with van der Waals surface area (Å²) < 4.78 is 18.8. The normalized spacial score (nSPS) is 29.1. The lowest BCUT2D eigenvalue weighted by Crippen LogP contribution is -2.46. The van der Waals surface area contributed by atoms with E-state index in [2.05, 4.69) is 12.2 Å². The van der Waals surface area contributed by atoms with E-state index in [1.165, 1.54) is 12.8 Å². The average Bonchev–Trinajstić information content (AvgIpc) is 2.14. The molecule has 3 heteroatoms. The zero-order valence-electron chi connectivity index (χ0n) is 8.44. The monoisotopic (exact) mass is 189 g/mol. The minimum absolute atomic E-state index is 0.360. The molecule has 0 spiro atoms. The van der Waals surface area contributed by atoms with E-state index in [0.29, 0.717) is 19.6 Å². The van der Waals surface area contributed by atoms with Crippen LogP contribution in [0.15, 0.2) is 0 Å². The summed E-state index contributed by atoms with van der Waals surface area (Å²) in [5.74, 6) is -1.38. The molecule has 0 saturated carbocycles. The van der Waals surface area contributed by atoms with Gasteiger partial charge in [-0.15, -0.1) is 0 Å². The van der Waals surface area contributed by atoms with Gasteiger partial charge in [-0.2, -0.15) is 0 Å². The Kier molecular flexibility index (Phi) is 4.67. The highest BCUT2D eigenvalue weighted by atomic mass is 19.2. The molecule has 13 heavy (non-hydrogen) atoms. The van der Waals surface area contributed by atoms with E-state index in [-0.39, 0.29) is 0 Å². The van der Waals surface area contributed by atoms with Crippen LogP contribution in [-0.4, -0.2) is 25.6 Å². The zero-order valence-corrected chi connectivity index (χ0v) is 8.44. The van der Waals surface area contributed by atoms with E-state index >= 15 is 0 Å². The summed E-state index contributed by atoms with van der Waals surface area (Å²) in [4.78, 5) is 0. The molecule has 1 saturated heterocycles. The molecule has 2 nitrogen and oxygen atoms in total. The molecule has 1 rings (SSSR count). The van der Waals surface area contributed by atoms with Crippen molar-refractivity contribution in [2.45, 2.75) is 44.9 Å². The number of hydrogen-bond donors (Lipinski definition) is 1. The average molecular weight is 189 g/mol. The summed E-state index contributed by atoms with van der Waals surface area (Å²) in [5.41, 5.74) is 0. The van der Waals surface area contributed by atoms with Crippen LogP contribution in [0.4, 0.5) is 4.39 Å². The Hall–Kier alpha value is -0.150. The van der Waals surface area contributed by atoms with Crippen molar-refractivity contribution < 1.29 is 9.13 Å². The summed E-state index contributed by atoms with van der Waals surface area (Å²) >= 11 is 0. The van der Waals surface area contributed by atoms with Gasteiger partial charge in [0.2, 0.25) is 5.85 Å². The van der Waals surface area contributed by atoms with Gasteiger partial charge in [0.05, 0.1) is 13.2 Å². The quantitative estimate of drug-likeness (QED) is 0.670. The van der Waals surface area contributed by atoms with Gasteiger partial charge in [-0.05, 0) is 6.42 Å². The molecule has 0 aromatic carbocycles. The van der Waals surface area contributed by atoms with E-state index in [9.17, 15) is 4.39 Å². The maximum atomic E-state index is 13.7. The van der Waals surface area contributed by atoms with Gasteiger partial charge in [0.25, 0.3) is 0 Å². The van der Waals surface area contributed by atoms with Crippen molar-refractivity contribution in [2.75, 3.05) is 19.7 Å². The lowest BCUT2D eigenvalue weighted by Gasteiger charge is -2.30. The third-order valence-electron chi connectivity index (χ3n) is 2.43. The highest BCUT2D eigenvalue weighted by Gasteiger charge is 2.31. The summed E-state index contributed by atoms with van der Waals surface area (Å²) in [6, 6.07) is 0. The smallest absolute Gasteiger partial charge is 0.221 e. The molecular weight excluding hydrogens is 169 g/mol. The Morgan fingerprint density at radius 2 is 2.23 bits per heavy atom. The fourth-order valence-corrected chi connectivity index (χ4v) is 1.61. The van der Waals surface area contributed by atoms with E-state index in [4.69, 9.17) is 4.74 Å². The molecule has 1 N–H and O–H groups in total. The van der Waals surface area contributed by atoms with Crippen LogP contribution in [-0.2, 0) is 4.74 Å². The molecule has 0 radical (unpaired) electrons. The van der Waals surface area contributed by atoms with Crippen LogP contribution in [0, 0.1) is 0 Å². The summed E-state index contributed by atoms with van der Waals surface area (Å²) in [5, 5.41) is 3.02. The SMILES string of the molecule is CCCCCCC1(F)CNCCO1. The van der Waals surface area contributed by atoms with Gasteiger partial charge >= 0.3 is 0 Å². The van der Waals surface area contributed by atoms with Crippen LogP contribution in [0.5, 0.6) is 0 Å². The fourth-order valence-electron chi connectivity index (χ4n) is 1.61. The molecule has 1 heterocycles. The van der Waals surface area contributed by atoms with Gasteiger partial charge in [0, 0.05) is 13.0 Å². The number of halogens is 1. The van der Waals surface area contributed by atoms with Gasteiger partial charge < -0.3 is 10.1 Å². The number of nitrogens with one attached hydrogen (secondary N) is 1. The van der Waals surface area contributed by atoms with E-state index in [0.717, 1.165) is 19.4 Å². The first-order chi connectivity index (χ1) is 6.27. The number of hydrogen-bond acceptors (Lipinski definition) is 2. The highest BCUT2D eigenvalue weighted by molar-refractivity contribution is 4.75. The minimum atomic E-state index is -1.38. The van der Waals surface area contributed by atoms with Gasteiger partial charge in [-0.3, -0.25) is 0 Å². The predicted molar refractivity (Wildman–Crippen MR) is 51.4 cm³/mol. The molecule has 1 aliphatic rings. The largest absolute Gasteiger partial charge is 0.343 e. The van der Waals surface area contributed by atoms with Gasteiger partial charge in [-0.25, -0.2) is 4.39 Å². The summed E-state index contributed by atoms with van der Waals surface area (Å²) in [6.45, 7) is 3.80. The Balaban J connectivity index is 2.10. The topological polar surface area (TPSA) is 21.3 Å². The van der Waals surface area contributed by atoms with Crippen LogP contribution in [0.25, 0.3) is 0 Å².